The molecule has 1 aliphatic heterocycles. The van der Waals surface area contributed by atoms with Crippen molar-refractivity contribution in [2.24, 2.45) is 5.41 Å². The Morgan fingerprint density at radius 2 is 2.10 bits per heavy atom. The minimum Gasteiger partial charge on any atom is -0.316 e. The molecule has 1 heterocycles. The van der Waals surface area contributed by atoms with Gasteiger partial charge in [0.25, 0.3) is 0 Å². The summed E-state index contributed by atoms with van der Waals surface area (Å²) in [7, 11) is 0. The molecule has 0 aliphatic carbocycles. The Bertz CT molecular complexity index is 467. The quantitative estimate of drug-likeness (QED) is 0.888. The number of hydrogen-bond donors (Lipinski definition) is 1. The standard InChI is InChI=1S/C18H27NO/c1-4-8-18(9-5-10-19-13-18)17(20)12-16-7-6-14(2)15(3)11-16/h6-7,11,19H,4-5,8-10,12-13H2,1-3H3. The zero-order chi connectivity index (χ0) is 14.6. The van der Waals surface area contributed by atoms with Crippen LogP contribution < -0.4 is 5.32 Å². The molecule has 1 aliphatic rings. The van der Waals surface area contributed by atoms with Crippen molar-refractivity contribution < 1.29 is 4.79 Å². The van der Waals surface area contributed by atoms with Crippen molar-refractivity contribution in [2.45, 2.75) is 52.9 Å². The molecule has 20 heavy (non-hydrogen) atoms. The largest absolute Gasteiger partial charge is 0.316 e. The lowest BCUT2D eigenvalue weighted by molar-refractivity contribution is -0.129. The predicted molar refractivity (Wildman–Crippen MR) is 84.1 cm³/mol. The third-order valence-corrected chi connectivity index (χ3v) is 4.73. The number of rotatable bonds is 5. The summed E-state index contributed by atoms with van der Waals surface area (Å²) in [6.07, 6.45) is 4.86. The number of nitrogens with one attached hydrogen (secondary N) is 1. The maximum atomic E-state index is 12.8. The Hall–Kier alpha value is -1.15. The summed E-state index contributed by atoms with van der Waals surface area (Å²) in [6.45, 7) is 8.34. The van der Waals surface area contributed by atoms with Gasteiger partial charge in [-0.05, 0) is 56.3 Å². The van der Waals surface area contributed by atoms with Gasteiger partial charge < -0.3 is 5.32 Å². The Morgan fingerprint density at radius 3 is 2.70 bits per heavy atom. The Balaban J connectivity index is 2.13. The van der Waals surface area contributed by atoms with E-state index in [2.05, 4.69) is 44.3 Å². The lowest BCUT2D eigenvalue weighted by atomic mass is 9.72. The van der Waals surface area contributed by atoms with E-state index in [1.807, 2.05) is 0 Å². The molecule has 1 aromatic carbocycles. The smallest absolute Gasteiger partial charge is 0.144 e. The highest BCUT2D eigenvalue weighted by Gasteiger charge is 2.37. The van der Waals surface area contributed by atoms with Crippen molar-refractivity contribution in [1.29, 1.82) is 0 Å². The average molecular weight is 273 g/mol. The number of aryl methyl sites for hydroxylation is 2. The third kappa shape index (κ3) is 3.29. The van der Waals surface area contributed by atoms with Crippen molar-refractivity contribution in [1.82, 2.24) is 5.32 Å². The van der Waals surface area contributed by atoms with E-state index in [1.165, 1.54) is 16.7 Å². The molecule has 110 valence electrons. The lowest BCUT2D eigenvalue weighted by Gasteiger charge is -2.36. The summed E-state index contributed by atoms with van der Waals surface area (Å²) >= 11 is 0. The van der Waals surface area contributed by atoms with E-state index in [0.29, 0.717) is 12.2 Å². The molecule has 1 atom stereocenters. The van der Waals surface area contributed by atoms with Crippen molar-refractivity contribution in [3.8, 4) is 0 Å². The summed E-state index contributed by atoms with van der Waals surface area (Å²) in [5.41, 5.74) is 3.62. The summed E-state index contributed by atoms with van der Waals surface area (Å²) in [6, 6.07) is 6.41. The van der Waals surface area contributed by atoms with Crippen LogP contribution in [0.25, 0.3) is 0 Å². The van der Waals surface area contributed by atoms with Gasteiger partial charge >= 0.3 is 0 Å². The van der Waals surface area contributed by atoms with Crippen LogP contribution in [0.1, 0.15) is 49.3 Å². The molecule has 0 amide bonds. The maximum Gasteiger partial charge on any atom is 0.144 e. The highest BCUT2D eigenvalue weighted by Crippen LogP contribution is 2.34. The van der Waals surface area contributed by atoms with Crippen LogP contribution in [0, 0.1) is 19.3 Å². The molecule has 0 saturated carbocycles. The normalized spacial score (nSPS) is 22.8. The van der Waals surface area contributed by atoms with Gasteiger partial charge in [0.1, 0.15) is 5.78 Å². The minimum absolute atomic E-state index is 0.119. The molecule has 2 rings (SSSR count). The third-order valence-electron chi connectivity index (χ3n) is 4.73. The molecule has 0 spiro atoms. The van der Waals surface area contributed by atoms with E-state index in [-0.39, 0.29) is 5.41 Å². The van der Waals surface area contributed by atoms with Crippen LogP contribution in [0.2, 0.25) is 0 Å². The number of benzene rings is 1. The number of carbonyl (C=O) groups is 1. The predicted octanol–water partition coefficient (Wildman–Crippen LogP) is 3.58. The lowest BCUT2D eigenvalue weighted by Crippen LogP contribution is -2.46. The SMILES string of the molecule is CCCC1(C(=O)Cc2ccc(C)c(C)c2)CCCNC1. The summed E-state index contributed by atoms with van der Waals surface area (Å²) < 4.78 is 0. The van der Waals surface area contributed by atoms with Crippen LogP contribution in [0.5, 0.6) is 0 Å². The zero-order valence-corrected chi connectivity index (χ0v) is 13.1. The number of piperidine rings is 1. The summed E-state index contributed by atoms with van der Waals surface area (Å²) in [4.78, 5) is 12.8. The Kier molecular flexibility index (Phi) is 4.98. The van der Waals surface area contributed by atoms with E-state index >= 15 is 0 Å². The van der Waals surface area contributed by atoms with E-state index in [1.54, 1.807) is 0 Å². The molecule has 1 fully saturated rings. The van der Waals surface area contributed by atoms with Gasteiger partial charge in [-0.25, -0.2) is 0 Å². The first kappa shape index (κ1) is 15.2. The molecule has 1 aromatic rings. The molecule has 1 saturated heterocycles. The second-order valence-electron chi connectivity index (χ2n) is 6.33. The van der Waals surface area contributed by atoms with Crippen LogP contribution in [0.4, 0.5) is 0 Å². The minimum atomic E-state index is -0.119. The molecule has 1 unspecified atom stereocenters. The summed E-state index contributed by atoms with van der Waals surface area (Å²) in [5, 5.41) is 3.43. The van der Waals surface area contributed by atoms with E-state index in [4.69, 9.17) is 0 Å². The highest BCUT2D eigenvalue weighted by atomic mass is 16.1. The van der Waals surface area contributed by atoms with Crippen LogP contribution in [0.15, 0.2) is 18.2 Å². The van der Waals surface area contributed by atoms with Crippen LogP contribution in [-0.4, -0.2) is 18.9 Å². The topological polar surface area (TPSA) is 29.1 Å². The first-order chi connectivity index (χ1) is 9.57. The molecule has 2 nitrogen and oxygen atoms in total. The number of Topliss-reactive ketones (excluding diaryl/α,β-unsaturated/α-hetero) is 1. The van der Waals surface area contributed by atoms with Gasteiger partial charge in [0.05, 0.1) is 0 Å². The van der Waals surface area contributed by atoms with Crippen molar-refractivity contribution in [2.75, 3.05) is 13.1 Å². The highest BCUT2D eigenvalue weighted by molar-refractivity contribution is 5.87. The van der Waals surface area contributed by atoms with E-state index in [0.717, 1.165) is 38.8 Å². The number of hydrogen-bond acceptors (Lipinski definition) is 2. The maximum absolute atomic E-state index is 12.8. The molecule has 2 heteroatoms. The molecule has 0 bridgehead atoms. The fourth-order valence-corrected chi connectivity index (χ4v) is 3.32. The van der Waals surface area contributed by atoms with Crippen LogP contribution in [-0.2, 0) is 11.2 Å². The van der Waals surface area contributed by atoms with Gasteiger partial charge in [-0.1, -0.05) is 31.5 Å². The average Bonchev–Trinajstić information content (AvgIpc) is 2.44. The molecule has 0 radical (unpaired) electrons. The van der Waals surface area contributed by atoms with Gasteiger partial charge in [0, 0.05) is 18.4 Å². The molecule has 0 aromatic heterocycles. The first-order valence-corrected chi connectivity index (χ1v) is 7.87. The van der Waals surface area contributed by atoms with E-state index in [9.17, 15) is 4.79 Å². The van der Waals surface area contributed by atoms with Gasteiger partial charge in [-0.2, -0.15) is 0 Å². The van der Waals surface area contributed by atoms with Gasteiger partial charge in [-0.15, -0.1) is 0 Å². The van der Waals surface area contributed by atoms with Crippen molar-refractivity contribution in [3.63, 3.8) is 0 Å². The Morgan fingerprint density at radius 1 is 1.30 bits per heavy atom. The van der Waals surface area contributed by atoms with E-state index < -0.39 is 0 Å². The molecular formula is C18H27NO. The fraction of sp³-hybridized carbons (Fsp3) is 0.611. The first-order valence-electron chi connectivity index (χ1n) is 7.87. The molecular weight excluding hydrogens is 246 g/mol. The second kappa shape index (κ2) is 6.53. The van der Waals surface area contributed by atoms with Crippen molar-refractivity contribution >= 4 is 5.78 Å². The molecule has 1 N–H and O–H groups in total. The summed E-state index contributed by atoms with van der Waals surface area (Å²) in [5.74, 6) is 0.426. The van der Waals surface area contributed by atoms with Crippen LogP contribution in [0.3, 0.4) is 0 Å². The second-order valence-corrected chi connectivity index (χ2v) is 6.33. The zero-order valence-electron chi connectivity index (χ0n) is 13.1. The van der Waals surface area contributed by atoms with Gasteiger partial charge in [-0.3, -0.25) is 4.79 Å². The van der Waals surface area contributed by atoms with Crippen LogP contribution >= 0.6 is 0 Å². The van der Waals surface area contributed by atoms with Gasteiger partial charge in [0.15, 0.2) is 0 Å². The number of carbonyl (C=O) groups excluding carboxylic acids is 1. The Labute approximate surface area is 123 Å². The fourth-order valence-electron chi connectivity index (χ4n) is 3.32. The number of ketones is 1. The van der Waals surface area contributed by atoms with Crippen molar-refractivity contribution in [3.05, 3.63) is 34.9 Å². The van der Waals surface area contributed by atoms with Gasteiger partial charge in [0.2, 0.25) is 0 Å². The monoisotopic (exact) mass is 273 g/mol.